The van der Waals surface area contributed by atoms with Crippen molar-refractivity contribution in [3.8, 4) is 10.6 Å². The van der Waals surface area contributed by atoms with Crippen molar-refractivity contribution in [1.82, 2.24) is 4.98 Å². The minimum Gasteiger partial charge on any atom is -0.454 e. The van der Waals surface area contributed by atoms with Crippen molar-refractivity contribution in [2.24, 2.45) is 0 Å². The summed E-state index contributed by atoms with van der Waals surface area (Å²) in [6, 6.07) is 16.2. The third-order valence-corrected chi connectivity index (χ3v) is 6.17. The Balaban J connectivity index is 1.68. The number of carbonyl (C=O) groups excluding carboxylic acids is 2. The Morgan fingerprint density at radius 1 is 1.07 bits per heavy atom. The highest BCUT2D eigenvalue weighted by Crippen LogP contribution is 2.32. The quantitative estimate of drug-likeness (QED) is 0.273. The highest BCUT2D eigenvalue weighted by Gasteiger charge is 2.19. The fraction of sp³-hybridized carbons (Fsp3) is 0.125. The van der Waals surface area contributed by atoms with E-state index >= 15 is 0 Å². The molecule has 4 rings (SSSR count). The molecule has 0 aliphatic rings. The molecule has 0 atom stereocenters. The minimum absolute atomic E-state index is 0.251. The van der Waals surface area contributed by atoms with Crippen LogP contribution in [0.25, 0.3) is 21.5 Å². The van der Waals surface area contributed by atoms with Crippen molar-refractivity contribution in [1.29, 1.82) is 0 Å². The first-order valence-corrected chi connectivity index (χ1v) is 10.6. The molecule has 0 amide bonds. The molecule has 2 aromatic carbocycles. The maximum atomic E-state index is 12.9. The van der Waals surface area contributed by atoms with Gasteiger partial charge in [-0.2, -0.15) is 0 Å². The number of esters is 1. The minimum atomic E-state index is -0.567. The molecule has 150 valence electrons. The van der Waals surface area contributed by atoms with Gasteiger partial charge in [-0.1, -0.05) is 53.6 Å². The van der Waals surface area contributed by atoms with E-state index in [0.29, 0.717) is 32.7 Å². The van der Waals surface area contributed by atoms with Gasteiger partial charge in [0.2, 0.25) is 0 Å². The third kappa shape index (κ3) is 3.99. The SMILES string of the molecule is Cc1ccc(C(=O)COC(=O)c2cc(-c3cccs3)nc3c(C)c(Cl)ccc23)cc1. The van der Waals surface area contributed by atoms with Crippen LogP contribution in [0.4, 0.5) is 0 Å². The lowest BCUT2D eigenvalue weighted by molar-refractivity contribution is 0.0476. The summed E-state index contributed by atoms with van der Waals surface area (Å²) >= 11 is 7.81. The van der Waals surface area contributed by atoms with Gasteiger partial charge in [0.05, 0.1) is 21.7 Å². The lowest BCUT2D eigenvalue weighted by Gasteiger charge is -2.11. The molecule has 0 saturated carbocycles. The Bertz CT molecular complexity index is 1250. The van der Waals surface area contributed by atoms with Gasteiger partial charge in [0.25, 0.3) is 0 Å². The second-order valence-electron chi connectivity index (χ2n) is 6.97. The number of carbonyl (C=O) groups is 2. The van der Waals surface area contributed by atoms with E-state index in [1.165, 1.54) is 11.3 Å². The largest absolute Gasteiger partial charge is 0.454 e. The van der Waals surface area contributed by atoms with Gasteiger partial charge in [-0.3, -0.25) is 4.79 Å². The predicted octanol–water partition coefficient (Wildman–Crippen LogP) is 6.27. The Morgan fingerprint density at radius 3 is 2.53 bits per heavy atom. The van der Waals surface area contributed by atoms with Crippen LogP contribution in [0.2, 0.25) is 5.02 Å². The highest BCUT2D eigenvalue weighted by molar-refractivity contribution is 7.13. The van der Waals surface area contributed by atoms with E-state index in [0.717, 1.165) is 16.0 Å². The van der Waals surface area contributed by atoms with Crippen molar-refractivity contribution >= 4 is 45.6 Å². The second-order valence-corrected chi connectivity index (χ2v) is 8.32. The number of halogens is 1. The molecule has 2 aromatic heterocycles. The number of ketones is 1. The first-order valence-electron chi connectivity index (χ1n) is 9.35. The molecule has 0 unspecified atom stereocenters. The van der Waals surface area contributed by atoms with Gasteiger partial charge in [-0.05, 0) is 43.0 Å². The number of hydrogen-bond donors (Lipinski definition) is 0. The van der Waals surface area contributed by atoms with Gasteiger partial charge in [0.15, 0.2) is 12.4 Å². The van der Waals surface area contributed by atoms with Crippen molar-refractivity contribution in [3.63, 3.8) is 0 Å². The third-order valence-electron chi connectivity index (χ3n) is 4.87. The second kappa shape index (κ2) is 8.38. The van der Waals surface area contributed by atoms with Gasteiger partial charge in [-0.15, -0.1) is 11.3 Å². The van der Waals surface area contributed by atoms with Crippen LogP contribution in [0.5, 0.6) is 0 Å². The first-order chi connectivity index (χ1) is 14.4. The fourth-order valence-electron chi connectivity index (χ4n) is 3.16. The van der Waals surface area contributed by atoms with Crippen molar-refractivity contribution in [3.05, 3.63) is 87.3 Å². The van der Waals surface area contributed by atoms with Crippen LogP contribution < -0.4 is 0 Å². The molecule has 0 spiro atoms. The van der Waals surface area contributed by atoms with Crippen LogP contribution in [-0.4, -0.2) is 23.3 Å². The number of fused-ring (bicyclic) bond motifs is 1. The van der Waals surface area contributed by atoms with Crippen LogP contribution in [0, 0.1) is 13.8 Å². The molecule has 6 heteroatoms. The molecule has 2 heterocycles. The number of aryl methyl sites for hydroxylation is 2. The van der Waals surface area contributed by atoms with Gasteiger partial charge >= 0.3 is 5.97 Å². The van der Waals surface area contributed by atoms with Crippen molar-refractivity contribution < 1.29 is 14.3 Å². The van der Waals surface area contributed by atoms with Crippen molar-refractivity contribution in [2.75, 3.05) is 6.61 Å². The summed E-state index contributed by atoms with van der Waals surface area (Å²) in [6.45, 7) is 3.49. The predicted molar refractivity (Wildman–Crippen MR) is 121 cm³/mol. The summed E-state index contributed by atoms with van der Waals surface area (Å²) in [5, 5.41) is 3.17. The summed E-state index contributed by atoms with van der Waals surface area (Å²) in [5.41, 5.74) is 4.03. The standard InChI is InChI=1S/C24H18ClNO3S/c1-14-5-7-16(8-6-14)21(27)13-29-24(28)18-12-20(22-4-3-11-30-22)26-23-15(2)19(25)10-9-17(18)23/h3-12H,13H2,1-2H3. The number of ether oxygens (including phenoxy) is 1. The number of aromatic nitrogens is 1. The zero-order valence-corrected chi connectivity index (χ0v) is 18.0. The Morgan fingerprint density at radius 2 is 1.83 bits per heavy atom. The number of nitrogens with zero attached hydrogens (tertiary/aromatic N) is 1. The van der Waals surface area contributed by atoms with E-state index in [1.807, 2.05) is 43.5 Å². The zero-order chi connectivity index (χ0) is 21.3. The number of thiophene rings is 1. The number of hydrogen-bond acceptors (Lipinski definition) is 5. The monoisotopic (exact) mass is 435 g/mol. The molecular formula is C24H18ClNO3S. The lowest BCUT2D eigenvalue weighted by atomic mass is 10.0. The van der Waals surface area contributed by atoms with E-state index in [1.54, 1.807) is 30.3 Å². The summed E-state index contributed by atoms with van der Waals surface area (Å²) in [4.78, 5) is 31.0. The summed E-state index contributed by atoms with van der Waals surface area (Å²) in [7, 11) is 0. The molecule has 0 saturated heterocycles. The molecule has 30 heavy (non-hydrogen) atoms. The molecule has 4 aromatic rings. The van der Waals surface area contributed by atoms with Gasteiger partial charge in [-0.25, -0.2) is 9.78 Å². The maximum absolute atomic E-state index is 12.9. The first kappa shape index (κ1) is 20.3. The summed E-state index contributed by atoms with van der Waals surface area (Å²) in [6.07, 6.45) is 0. The van der Waals surface area contributed by atoms with Gasteiger partial charge in [0, 0.05) is 16.0 Å². The summed E-state index contributed by atoms with van der Waals surface area (Å²) < 4.78 is 5.38. The van der Waals surface area contributed by atoms with E-state index in [-0.39, 0.29) is 12.4 Å². The smallest absolute Gasteiger partial charge is 0.339 e. The lowest BCUT2D eigenvalue weighted by Crippen LogP contribution is -2.15. The highest BCUT2D eigenvalue weighted by atomic mass is 35.5. The van der Waals surface area contributed by atoms with Crippen LogP contribution in [-0.2, 0) is 4.74 Å². The number of Topliss-reactive ketones (excluding diaryl/α,β-unsaturated/α-hetero) is 1. The molecule has 0 bridgehead atoms. The number of rotatable bonds is 5. The Hall–Kier alpha value is -3.02. The molecular weight excluding hydrogens is 418 g/mol. The Labute approximate surface area is 183 Å². The number of pyridine rings is 1. The zero-order valence-electron chi connectivity index (χ0n) is 16.4. The van der Waals surface area contributed by atoms with E-state index in [4.69, 9.17) is 21.3 Å². The van der Waals surface area contributed by atoms with Crippen LogP contribution >= 0.6 is 22.9 Å². The van der Waals surface area contributed by atoms with E-state index in [9.17, 15) is 9.59 Å². The van der Waals surface area contributed by atoms with E-state index in [2.05, 4.69) is 0 Å². The molecule has 0 N–H and O–H groups in total. The Kier molecular flexibility index (Phi) is 5.66. The number of benzene rings is 2. The maximum Gasteiger partial charge on any atom is 0.339 e. The van der Waals surface area contributed by atoms with Crippen LogP contribution in [0.15, 0.2) is 60.0 Å². The average Bonchev–Trinajstić information content (AvgIpc) is 3.29. The average molecular weight is 436 g/mol. The van der Waals surface area contributed by atoms with Crippen LogP contribution in [0.3, 0.4) is 0 Å². The molecule has 4 nitrogen and oxygen atoms in total. The normalized spacial score (nSPS) is 10.9. The molecule has 0 aliphatic heterocycles. The molecule has 0 fully saturated rings. The summed E-state index contributed by atoms with van der Waals surface area (Å²) in [5.74, 6) is -0.818. The fourth-order valence-corrected chi connectivity index (χ4v) is 3.99. The van der Waals surface area contributed by atoms with E-state index < -0.39 is 5.97 Å². The molecule has 0 radical (unpaired) electrons. The van der Waals surface area contributed by atoms with Gasteiger partial charge in [0.1, 0.15) is 0 Å². The van der Waals surface area contributed by atoms with Gasteiger partial charge < -0.3 is 4.74 Å². The molecule has 0 aliphatic carbocycles. The topological polar surface area (TPSA) is 56.3 Å². The van der Waals surface area contributed by atoms with Crippen LogP contribution in [0.1, 0.15) is 31.8 Å². The van der Waals surface area contributed by atoms with Crippen molar-refractivity contribution in [2.45, 2.75) is 13.8 Å².